The average Bonchev–Trinajstić information content (AvgIpc) is 3.37. The number of carbonyl (C=O) groups is 5. The molecule has 2 aromatic rings. The van der Waals surface area contributed by atoms with E-state index in [1.807, 2.05) is 0 Å². The molecule has 1 saturated carbocycles. The molecule has 0 radical (unpaired) electrons. The topological polar surface area (TPSA) is 132 Å². The number of aromatic hydroxyl groups is 1. The molecule has 0 spiro atoms. The molecule has 0 aromatic heterocycles. The van der Waals surface area contributed by atoms with Crippen LogP contribution in [0.2, 0.25) is 5.02 Å². The summed E-state index contributed by atoms with van der Waals surface area (Å²) in [7, 11) is 0. The van der Waals surface area contributed by atoms with Crippen molar-refractivity contribution in [2.45, 2.75) is 54.2 Å². The van der Waals surface area contributed by atoms with Crippen LogP contribution in [0.5, 0.6) is 5.75 Å². The number of hydrogen-bond acceptors (Lipinski definition) is 6. The highest BCUT2D eigenvalue weighted by atomic mass is 35.5. The zero-order chi connectivity index (χ0) is 35.9. The van der Waals surface area contributed by atoms with Crippen LogP contribution in [0, 0.1) is 46.8 Å². The van der Waals surface area contributed by atoms with Crippen LogP contribution in [-0.2, 0) is 24.0 Å². The van der Waals surface area contributed by atoms with Crippen molar-refractivity contribution in [2.75, 3.05) is 11.4 Å². The highest BCUT2D eigenvalue weighted by molar-refractivity contribution is 6.58. The van der Waals surface area contributed by atoms with Gasteiger partial charge < -0.3 is 10.2 Å². The zero-order valence-electron chi connectivity index (χ0n) is 24.9. The summed E-state index contributed by atoms with van der Waals surface area (Å²) in [6, 6.07) is 3.47. The van der Waals surface area contributed by atoms with E-state index in [9.17, 15) is 42.3 Å². The van der Waals surface area contributed by atoms with Crippen molar-refractivity contribution in [3.8, 4) is 5.75 Å². The summed E-state index contributed by atoms with van der Waals surface area (Å²) in [6.45, 7) is -0.0313. The number of rotatable bonds is 8. The van der Waals surface area contributed by atoms with E-state index >= 15 is 8.78 Å². The van der Waals surface area contributed by atoms with E-state index in [4.69, 9.17) is 39.9 Å². The number of phenolic OH excluding ortho intramolecular Hbond substituents is 1. The zero-order valence-corrected chi connectivity index (χ0v) is 27.2. The minimum Gasteiger partial charge on any atom is -0.508 e. The summed E-state index contributed by atoms with van der Waals surface area (Å²) in [6.07, 6.45) is 1.72. The normalized spacial score (nSPS) is 29.3. The molecule has 4 amide bonds. The van der Waals surface area contributed by atoms with E-state index in [-0.39, 0.29) is 46.2 Å². The van der Waals surface area contributed by atoms with E-state index in [2.05, 4.69) is 0 Å². The fraction of sp³-hybridized carbons (Fsp3) is 0.406. The van der Waals surface area contributed by atoms with E-state index < -0.39 is 104 Å². The number of anilines is 1. The fourth-order valence-corrected chi connectivity index (χ4v) is 8.88. The lowest BCUT2D eigenvalue weighted by atomic mass is 9.56. The van der Waals surface area contributed by atoms with Crippen LogP contribution in [0.1, 0.15) is 50.0 Å². The van der Waals surface area contributed by atoms with Gasteiger partial charge in [-0.3, -0.25) is 28.9 Å². The lowest BCUT2D eigenvalue weighted by Crippen LogP contribution is -2.60. The van der Waals surface area contributed by atoms with Gasteiger partial charge in [0.1, 0.15) is 11.4 Å². The Balaban J connectivity index is 1.48. The van der Waals surface area contributed by atoms with Gasteiger partial charge in [-0.1, -0.05) is 35.7 Å². The third-order valence-electron chi connectivity index (χ3n) is 9.88. The number of nitrogens with zero attached hydrogens (tertiary/aromatic N) is 2. The summed E-state index contributed by atoms with van der Waals surface area (Å²) in [5.74, 6) is -23.0. The molecule has 3 fully saturated rings. The van der Waals surface area contributed by atoms with E-state index in [0.717, 1.165) is 17.0 Å². The van der Waals surface area contributed by atoms with Gasteiger partial charge in [-0.2, -0.15) is 0 Å². The van der Waals surface area contributed by atoms with Crippen LogP contribution < -0.4 is 4.90 Å². The first-order valence-electron chi connectivity index (χ1n) is 15.0. The van der Waals surface area contributed by atoms with E-state index in [1.165, 1.54) is 12.1 Å². The maximum atomic E-state index is 15.1. The maximum Gasteiger partial charge on any atom is 0.303 e. The molecule has 6 unspecified atom stereocenters. The summed E-state index contributed by atoms with van der Waals surface area (Å²) in [5, 5.41) is 18.7. The SMILES string of the molecule is O=C(O)CCCCCN1C(=O)C2CC=C3C(CC4(Cl)C(=O)N(c5c(F)c(F)c(F)c(F)c5F)C(=O)C4(Cl)C3c3ccc(O)cc3Cl)C2C1=O. The van der Waals surface area contributed by atoms with Gasteiger partial charge in [-0.15, -0.1) is 23.2 Å². The Morgan fingerprint density at radius 3 is 2.12 bits per heavy atom. The predicted molar refractivity (Wildman–Crippen MR) is 162 cm³/mol. The van der Waals surface area contributed by atoms with Crippen molar-refractivity contribution in [1.82, 2.24) is 4.90 Å². The number of imide groups is 2. The molecule has 2 saturated heterocycles. The fourth-order valence-electron chi connectivity index (χ4n) is 7.67. The molecule has 9 nitrogen and oxygen atoms in total. The van der Waals surface area contributed by atoms with Crippen LogP contribution >= 0.6 is 34.8 Å². The average molecular weight is 750 g/mol. The van der Waals surface area contributed by atoms with Gasteiger partial charge in [0.15, 0.2) is 33.0 Å². The molecule has 2 aliphatic heterocycles. The number of hydrogen-bond donors (Lipinski definition) is 2. The standard InChI is InChI=1S/C32H24Cl3F5N2O7/c33-17-10-12(43)5-6-14(17)20-13-7-8-15-19(28(47)41(27(15)46)9-3-1-2-4-18(44)45)16(13)11-31(34)29(48)42(30(49)32(20,31)35)26-24(39)22(37)21(36)23(38)25(26)40/h5-7,10,15-16,19-20,43H,1-4,8-9,11H2,(H,44,45). The summed E-state index contributed by atoms with van der Waals surface area (Å²) < 4.78 is 72.9. The first kappa shape index (κ1) is 35.1. The number of unbranched alkanes of at least 4 members (excludes halogenated alkanes) is 2. The number of allylic oxidation sites excluding steroid dienone is 2. The number of benzene rings is 2. The molecule has 4 aliphatic rings. The summed E-state index contributed by atoms with van der Waals surface area (Å²) in [5.41, 5.74) is -1.71. The number of fused-ring (bicyclic) bond motifs is 4. The Morgan fingerprint density at radius 2 is 1.51 bits per heavy atom. The molecule has 2 aliphatic carbocycles. The second-order valence-corrected chi connectivity index (χ2v) is 14.1. The first-order valence-corrected chi connectivity index (χ1v) is 16.2. The number of alkyl halides is 2. The van der Waals surface area contributed by atoms with Gasteiger partial charge in [-0.25, -0.2) is 26.9 Å². The van der Waals surface area contributed by atoms with Crippen molar-refractivity contribution in [2.24, 2.45) is 17.8 Å². The largest absolute Gasteiger partial charge is 0.508 e. The Labute approximate surface area is 289 Å². The van der Waals surface area contributed by atoms with Gasteiger partial charge in [0, 0.05) is 23.9 Å². The molecule has 6 atom stereocenters. The smallest absolute Gasteiger partial charge is 0.303 e. The Morgan fingerprint density at radius 1 is 0.878 bits per heavy atom. The number of phenols is 1. The molecule has 2 N–H and O–H groups in total. The highest BCUT2D eigenvalue weighted by Crippen LogP contribution is 2.66. The number of halogens is 8. The van der Waals surface area contributed by atoms with Crippen LogP contribution in [0.25, 0.3) is 0 Å². The Hall–Kier alpha value is -3.75. The van der Waals surface area contributed by atoms with Crippen molar-refractivity contribution < 1.29 is 56.1 Å². The Kier molecular flexibility index (Phi) is 8.76. The number of carboxylic acid groups (broad SMARTS) is 1. The minimum absolute atomic E-state index is 0.0265. The molecule has 0 bridgehead atoms. The van der Waals surface area contributed by atoms with Crippen LogP contribution in [-0.4, -0.2) is 61.0 Å². The summed E-state index contributed by atoms with van der Waals surface area (Å²) in [4.78, 5) is 62.0. The number of amides is 4. The van der Waals surface area contributed by atoms with Crippen molar-refractivity contribution >= 4 is 70.1 Å². The maximum absolute atomic E-state index is 15.1. The number of carboxylic acids is 1. The second kappa shape index (κ2) is 12.2. The summed E-state index contributed by atoms with van der Waals surface area (Å²) >= 11 is 20.6. The Bertz CT molecular complexity index is 1870. The lowest BCUT2D eigenvalue weighted by molar-refractivity contribution is -0.141. The molecule has 260 valence electrons. The van der Waals surface area contributed by atoms with Crippen LogP contribution in [0.4, 0.5) is 27.6 Å². The molecule has 17 heteroatoms. The monoisotopic (exact) mass is 748 g/mol. The molecule has 2 heterocycles. The third kappa shape index (κ3) is 4.96. The van der Waals surface area contributed by atoms with Crippen molar-refractivity contribution in [3.63, 3.8) is 0 Å². The number of carbonyl (C=O) groups excluding carboxylic acids is 4. The quantitative estimate of drug-likeness (QED) is 0.0649. The highest BCUT2D eigenvalue weighted by Gasteiger charge is 2.77. The predicted octanol–water partition coefficient (Wildman–Crippen LogP) is 5.95. The third-order valence-corrected chi connectivity index (χ3v) is 11.6. The molecule has 2 aromatic carbocycles. The first-order chi connectivity index (χ1) is 23.0. The van der Waals surface area contributed by atoms with Gasteiger partial charge in [0.25, 0.3) is 11.8 Å². The van der Waals surface area contributed by atoms with Gasteiger partial charge in [0.2, 0.25) is 17.6 Å². The van der Waals surface area contributed by atoms with Gasteiger partial charge >= 0.3 is 5.97 Å². The van der Waals surface area contributed by atoms with E-state index in [0.29, 0.717) is 19.3 Å². The molecular weight excluding hydrogens is 726 g/mol. The van der Waals surface area contributed by atoms with Crippen LogP contribution in [0.15, 0.2) is 29.8 Å². The van der Waals surface area contributed by atoms with Crippen molar-refractivity contribution in [1.29, 1.82) is 0 Å². The number of likely N-dealkylation sites (tertiary alicyclic amines) is 1. The van der Waals surface area contributed by atoms with Crippen LogP contribution in [0.3, 0.4) is 0 Å². The lowest BCUT2D eigenvalue weighted by Gasteiger charge is -2.50. The van der Waals surface area contributed by atoms with E-state index in [1.54, 1.807) is 0 Å². The second-order valence-electron chi connectivity index (χ2n) is 12.4. The number of aliphatic carboxylic acids is 1. The molecular formula is C32H24Cl3F5N2O7. The van der Waals surface area contributed by atoms with Crippen molar-refractivity contribution in [3.05, 3.63) is 69.5 Å². The van der Waals surface area contributed by atoms with Gasteiger partial charge in [0.05, 0.1) is 11.8 Å². The molecule has 6 rings (SSSR count). The molecule has 49 heavy (non-hydrogen) atoms. The van der Waals surface area contributed by atoms with Gasteiger partial charge in [-0.05, 0) is 49.3 Å². The minimum atomic E-state index is -2.74.